The molecule has 0 spiro atoms. The van der Waals surface area contributed by atoms with Gasteiger partial charge < -0.3 is 19.6 Å². The van der Waals surface area contributed by atoms with Crippen LogP contribution in [0.4, 0.5) is 68.2 Å². The molecule has 8 aromatic carbocycles. The summed E-state index contributed by atoms with van der Waals surface area (Å²) in [5.41, 5.74) is 17.1. The number of rotatable bonds is 11. The zero-order valence-corrected chi connectivity index (χ0v) is 47.0. The van der Waals surface area contributed by atoms with E-state index in [1.807, 2.05) is 84.9 Å². The maximum atomic E-state index is 5.39. The first-order chi connectivity index (χ1) is 43.7. The Hall–Kier alpha value is -12.4. The molecule has 0 unspecified atom stereocenters. The number of hydrogen-bond acceptors (Lipinski definition) is 14. The summed E-state index contributed by atoms with van der Waals surface area (Å²) >= 11 is 0. The molecule has 6 aromatic heterocycles. The molecule has 0 aliphatic carbocycles. The monoisotopic (exact) mass is 1130 g/mol. The second-order valence-electron chi connectivity index (χ2n) is 20.9. The molecule has 0 radical (unpaired) electrons. The quantitative estimate of drug-likeness (QED) is 0.121. The van der Waals surface area contributed by atoms with Gasteiger partial charge in [0.2, 0.25) is 0 Å². The predicted octanol–water partition coefficient (Wildman–Crippen LogP) is 17.8. The average Bonchev–Trinajstić information content (AvgIpc) is 0.868. The average molecular weight is 1130 g/mol. The standard InChI is InChI=1S/C74H48N14/c1-3-23-49(24-4-1)85-61-31-7-11-35-65(61)87(66-36-12-8-32-62(66)85)51-39-41-53(55(47-51)69-79-71(57-27-15-19-43-75-57)83-72(80-69)58-28-16-20-44-76-58)54-42-40-52(48-56(54)70-81-73(59-29-17-21-45-77-59)84-74(82-70)60-30-18-22-46-78-60)88-67-37-13-9-33-63(67)86(50-25-5-2-6-26-50)64-34-10-14-38-68(64)88/h1-48H. The van der Waals surface area contributed by atoms with Gasteiger partial charge in [-0.3, -0.25) is 19.9 Å². The maximum Gasteiger partial charge on any atom is 0.182 e. The highest BCUT2D eigenvalue weighted by atomic mass is 15.3. The lowest BCUT2D eigenvalue weighted by Crippen LogP contribution is -2.24. The molecule has 0 amide bonds. The smallest absolute Gasteiger partial charge is 0.182 e. The highest BCUT2D eigenvalue weighted by Crippen LogP contribution is 2.57. The van der Waals surface area contributed by atoms with Gasteiger partial charge in [0.05, 0.1) is 45.5 Å². The van der Waals surface area contributed by atoms with Crippen molar-refractivity contribution in [1.29, 1.82) is 0 Å². The van der Waals surface area contributed by atoms with Crippen LogP contribution in [0.5, 0.6) is 0 Å². The third-order valence-electron chi connectivity index (χ3n) is 15.6. The van der Waals surface area contributed by atoms with Gasteiger partial charge >= 0.3 is 0 Å². The number of aromatic nitrogens is 10. The fourth-order valence-electron chi connectivity index (χ4n) is 11.8. The number of benzene rings is 8. The highest BCUT2D eigenvalue weighted by Gasteiger charge is 2.34. The molecule has 8 heterocycles. The normalized spacial score (nSPS) is 12.2. The van der Waals surface area contributed by atoms with Crippen molar-refractivity contribution in [2.24, 2.45) is 0 Å². The van der Waals surface area contributed by atoms with Crippen LogP contribution in [0, 0.1) is 0 Å². The third-order valence-corrected chi connectivity index (χ3v) is 15.6. The summed E-state index contributed by atoms with van der Waals surface area (Å²) in [6, 6.07) is 90.9. The minimum atomic E-state index is 0.384. The first kappa shape index (κ1) is 51.2. The molecule has 0 N–H and O–H groups in total. The maximum absolute atomic E-state index is 5.39. The lowest BCUT2D eigenvalue weighted by molar-refractivity contribution is 1.04. The van der Waals surface area contributed by atoms with Gasteiger partial charge in [-0.25, -0.2) is 29.9 Å². The van der Waals surface area contributed by atoms with Crippen LogP contribution in [-0.4, -0.2) is 49.8 Å². The van der Waals surface area contributed by atoms with E-state index >= 15 is 0 Å². The summed E-state index contributed by atoms with van der Waals surface area (Å²) in [7, 11) is 0. The Morgan fingerprint density at radius 2 is 0.420 bits per heavy atom. The second kappa shape index (κ2) is 22.0. The lowest BCUT2D eigenvalue weighted by atomic mass is 9.92. The van der Waals surface area contributed by atoms with Gasteiger partial charge in [-0.1, -0.05) is 121 Å². The van der Waals surface area contributed by atoms with E-state index in [1.165, 1.54) is 0 Å². The van der Waals surface area contributed by atoms with Crippen molar-refractivity contribution in [3.8, 4) is 80.0 Å². The molecule has 14 heteroatoms. The Morgan fingerprint density at radius 3 is 0.682 bits per heavy atom. The van der Waals surface area contributed by atoms with E-state index in [2.05, 4.69) is 202 Å². The zero-order chi connectivity index (χ0) is 58.3. The van der Waals surface area contributed by atoms with Gasteiger partial charge in [0.15, 0.2) is 34.9 Å². The van der Waals surface area contributed by atoms with E-state index < -0.39 is 0 Å². The summed E-state index contributed by atoms with van der Waals surface area (Å²) in [5.74, 6) is 2.33. The Labute approximate surface area is 506 Å². The molecule has 2 aliphatic rings. The van der Waals surface area contributed by atoms with Crippen molar-refractivity contribution in [2.45, 2.75) is 0 Å². The van der Waals surface area contributed by atoms with Crippen LogP contribution in [0.1, 0.15) is 0 Å². The van der Waals surface area contributed by atoms with E-state index in [0.29, 0.717) is 68.8 Å². The predicted molar refractivity (Wildman–Crippen MR) is 348 cm³/mol. The zero-order valence-electron chi connectivity index (χ0n) is 47.0. The van der Waals surface area contributed by atoms with Gasteiger partial charge in [-0.2, -0.15) is 0 Å². The number of hydrogen-bond donors (Lipinski definition) is 0. The number of pyridine rings is 4. The van der Waals surface area contributed by atoms with E-state index in [1.54, 1.807) is 24.8 Å². The van der Waals surface area contributed by atoms with Crippen LogP contribution in [-0.2, 0) is 0 Å². The summed E-state index contributed by atoms with van der Waals surface area (Å²) in [6.07, 6.45) is 6.98. The van der Waals surface area contributed by atoms with E-state index in [0.717, 1.165) is 79.4 Å². The SMILES string of the molecule is c1ccc(N2c3ccccc3N(c3ccc(-c4ccc(N5c6ccccc6N(c6ccccc6)c6ccccc65)cc4-c4nc(-c5ccccn5)nc(-c5ccccn5)n4)c(-c4nc(-c5ccccn5)nc(-c5ccccn5)n4)c3)c3ccccc32)cc1. The van der Waals surface area contributed by atoms with Crippen LogP contribution in [0.15, 0.2) is 292 Å². The van der Waals surface area contributed by atoms with Crippen LogP contribution in [0.2, 0.25) is 0 Å². The molecular weight excluding hydrogens is 1080 g/mol. The molecule has 16 rings (SSSR count). The van der Waals surface area contributed by atoms with Gasteiger partial charge in [0, 0.05) is 58.7 Å². The van der Waals surface area contributed by atoms with Crippen LogP contribution >= 0.6 is 0 Å². The highest BCUT2D eigenvalue weighted by molar-refractivity contribution is 6.05. The lowest BCUT2D eigenvalue weighted by Gasteiger charge is -2.40. The van der Waals surface area contributed by atoms with Crippen molar-refractivity contribution in [2.75, 3.05) is 19.6 Å². The molecule has 88 heavy (non-hydrogen) atoms. The molecule has 414 valence electrons. The largest absolute Gasteiger partial charge is 0.306 e. The molecule has 14 nitrogen and oxygen atoms in total. The van der Waals surface area contributed by atoms with Crippen molar-refractivity contribution in [3.63, 3.8) is 0 Å². The van der Waals surface area contributed by atoms with Gasteiger partial charge in [0.25, 0.3) is 0 Å². The summed E-state index contributed by atoms with van der Waals surface area (Å²) in [5, 5.41) is 0. The molecule has 2 aliphatic heterocycles. The molecule has 0 bridgehead atoms. The van der Waals surface area contributed by atoms with Crippen molar-refractivity contribution >= 4 is 68.2 Å². The second-order valence-corrected chi connectivity index (χ2v) is 20.9. The van der Waals surface area contributed by atoms with Crippen molar-refractivity contribution in [1.82, 2.24) is 49.8 Å². The van der Waals surface area contributed by atoms with Gasteiger partial charge in [-0.05, 0) is 157 Å². The fourth-order valence-corrected chi connectivity index (χ4v) is 11.8. The van der Waals surface area contributed by atoms with E-state index in [9.17, 15) is 0 Å². The molecule has 0 fully saturated rings. The molecule has 14 aromatic rings. The fraction of sp³-hybridized carbons (Fsp3) is 0. The van der Waals surface area contributed by atoms with Crippen molar-refractivity contribution in [3.05, 3.63) is 292 Å². The van der Waals surface area contributed by atoms with Crippen LogP contribution in [0.3, 0.4) is 0 Å². The van der Waals surface area contributed by atoms with Crippen LogP contribution in [0.25, 0.3) is 80.0 Å². The Kier molecular flexibility index (Phi) is 12.8. The molecule has 0 saturated carbocycles. The first-order valence-electron chi connectivity index (χ1n) is 28.8. The van der Waals surface area contributed by atoms with E-state index in [-0.39, 0.29) is 0 Å². The van der Waals surface area contributed by atoms with Crippen molar-refractivity contribution < 1.29 is 0 Å². The molecular formula is C74H48N14. The first-order valence-corrected chi connectivity index (χ1v) is 28.8. The summed E-state index contributed by atoms with van der Waals surface area (Å²) < 4.78 is 0. The number of fused-ring (bicyclic) bond motifs is 4. The number of para-hydroxylation sites is 10. The Balaban J connectivity index is 0.979. The summed E-state index contributed by atoms with van der Waals surface area (Å²) in [4.78, 5) is 60.0. The molecule has 0 saturated heterocycles. The van der Waals surface area contributed by atoms with Gasteiger partial charge in [0.1, 0.15) is 22.8 Å². The van der Waals surface area contributed by atoms with Crippen LogP contribution < -0.4 is 19.6 Å². The van der Waals surface area contributed by atoms with E-state index in [4.69, 9.17) is 49.8 Å². The van der Waals surface area contributed by atoms with Gasteiger partial charge in [-0.15, -0.1) is 0 Å². The Morgan fingerprint density at radius 1 is 0.182 bits per heavy atom. The number of nitrogens with zero attached hydrogens (tertiary/aromatic N) is 14. The molecule has 0 atom stereocenters. The minimum absolute atomic E-state index is 0.384. The topological polar surface area (TPSA) is 142 Å². The summed E-state index contributed by atoms with van der Waals surface area (Å²) in [6.45, 7) is 0. The minimum Gasteiger partial charge on any atom is -0.306 e. The third kappa shape index (κ3) is 9.17. The Bertz CT molecular complexity index is 4370. The number of anilines is 12.